The summed E-state index contributed by atoms with van der Waals surface area (Å²) in [6, 6.07) is 12.9. The summed E-state index contributed by atoms with van der Waals surface area (Å²) in [4.78, 5) is 14.4. The van der Waals surface area contributed by atoms with Gasteiger partial charge in [0.05, 0.1) is 30.0 Å². The van der Waals surface area contributed by atoms with Gasteiger partial charge in [0, 0.05) is 19.5 Å². The van der Waals surface area contributed by atoms with Crippen LogP contribution in [0.25, 0.3) is 11.0 Å². The maximum Gasteiger partial charge on any atom is 0.475 e. The standard InChI is InChI=1S/C20H24BN3O4/c1-24(2)17-9-13(7-8-16(17)22)10-20(25)23-19(21(26)27)11-14-12-28-18-6-4-3-5-15(14)18/h3-9,12,19,26-27H,10-11,22H2,1-2H3,(H,23,25)/t19-/m0/s1. The quantitative estimate of drug-likeness (QED) is 0.363. The summed E-state index contributed by atoms with van der Waals surface area (Å²) in [7, 11) is 2.06. The number of fused-ring (bicyclic) bond motifs is 1. The third-order valence-corrected chi connectivity index (χ3v) is 4.65. The van der Waals surface area contributed by atoms with E-state index in [1.54, 1.807) is 18.4 Å². The number of carbonyl (C=O) groups is 1. The molecule has 1 heterocycles. The lowest BCUT2D eigenvalue weighted by molar-refractivity contribution is -0.120. The van der Waals surface area contributed by atoms with E-state index >= 15 is 0 Å². The van der Waals surface area contributed by atoms with Crippen molar-refractivity contribution in [1.82, 2.24) is 5.32 Å². The molecule has 3 aromatic rings. The Morgan fingerprint density at radius 3 is 2.71 bits per heavy atom. The van der Waals surface area contributed by atoms with Crippen LogP contribution in [0.5, 0.6) is 0 Å². The highest BCUT2D eigenvalue weighted by Crippen LogP contribution is 2.24. The number of nitrogens with zero attached hydrogens (tertiary/aromatic N) is 1. The van der Waals surface area contributed by atoms with Crippen molar-refractivity contribution in [3.63, 3.8) is 0 Å². The summed E-state index contributed by atoms with van der Waals surface area (Å²) in [6.07, 6.45) is 1.93. The topological polar surface area (TPSA) is 112 Å². The van der Waals surface area contributed by atoms with Gasteiger partial charge in [-0.2, -0.15) is 0 Å². The fourth-order valence-corrected chi connectivity index (χ4v) is 3.19. The minimum absolute atomic E-state index is 0.108. The van der Waals surface area contributed by atoms with Crippen LogP contribution in [0.2, 0.25) is 0 Å². The van der Waals surface area contributed by atoms with E-state index in [9.17, 15) is 14.8 Å². The van der Waals surface area contributed by atoms with E-state index < -0.39 is 13.1 Å². The van der Waals surface area contributed by atoms with Crippen LogP contribution >= 0.6 is 0 Å². The number of nitrogens with one attached hydrogen (secondary N) is 1. The minimum atomic E-state index is -1.69. The van der Waals surface area contributed by atoms with E-state index in [0.717, 1.165) is 22.2 Å². The zero-order valence-corrected chi connectivity index (χ0v) is 15.9. The molecule has 0 aliphatic rings. The van der Waals surface area contributed by atoms with Crippen LogP contribution in [0.4, 0.5) is 11.4 Å². The lowest BCUT2D eigenvalue weighted by Crippen LogP contribution is -2.48. The Morgan fingerprint density at radius 1 is 1.25 bits per heavy atom. The first-order chi connectivity index (χ1) is 13.3. The Kier molecular flexibility index (Phi) is 5.91. The normalized spacial score (nSPS) is 12.0. The number of nitrogen functional groups attached to an aromatic ring is 1. The number of nitrogens with two attached hydrogens (primary N) is 1. The van der Waals surface area contributed by atoms with Crippen LogP contribution in [0.1, 0.15) is 11.1 Å². The second-order valence-corrected chi connectivity index (χ2v) is 7.01. The molecule has 7 nitrogen and oxygen atoms in total. The van der Waals surface area contributed by atoms with Crippen LogP contribution in [-0.4, -0.2) is 43.1 Å². The maximum absolute atomic E-state index is 12.5. The first-order valence-corrected chi connectivity index (χ1v) is 9.01. The van der Waals surface area contributed by atoms with Crippen molar-refractivity contribution in [2.24, 2.45) is 0 Å². The number of rotatable bonds is 7. The molecule has 0 fully saturated rings. The summed E-state index contributed by atoms with van der Waals surface area (Å²) in [6.45, 7) is 0. The van der Waals surface area contributed by atoms with Gasteiger partial charge >= 0.3 is 7.12 Å². The van der Waals surface area contributed by atoms with Gasteiger partial charge in [-0.15, -0.1) is 0 Å². The molecule has 1 amide bonds. The highest BCUT2D eigenvalue weighted by Gasteiger charge is 2.27. The smallest absolute Gasteiger partial charge is 0.464 e. The van der Waals surface area contributed by atoms with Crippen molar-refractivity contribution in [2.75, 3.05) is 24.7 Å². The zero-order valence-electron chi connectivity index (χ0n) is 15.9. The fraction of sp³-hybridized carbons (Fsp3) is 0.250. The van der Waals surface area contributed by atoms with E-state index in [2.05, 4.69) is 5.32 Å². The van der Waals surface area contributed by atoms with Crippen molar-refractivity contribution >= 4 is 35.4 Å². The predicted octanol–water partition coefficient (Wildman–Crippen LogP) is 1.36. The molecule has 0 aliphatic heterocycles. The van der Waals surface area contributed by atoms with Crippen LogP contribution in [0.15, 0.2) is 53.1 Å². The van der Waals surface area contributed by atoms with Crippen molar-refractivity contribution in [1.29, 1.82) is 0 Å². The number of carbonyl (C=O) groups excluding carboxylic acids is 1. The monoisotopic (exact) mass is 381 g/mol. The van der Waals surface area contributed by atoms with Crippen molar-refractivity contribution < 1.29 is 19.3 Å². The molecule has 146 valence electrons. The number of furan rings is 1. The van der Waals surface area contributed by atoms with E-state index in [-0.39, 0.29) is 18.7 Å². The molecule has 3 rings (SSSR count). The highest BCUT2D eigenvalue weighted by molar-refractivity contribution is 6.43. The molecule has 0 saturated heterocycles. The summed E-state index contributed by atoms with van der Waals surface area (Å²) in [5, 5.41) is 23.1. The highest BCUT2D eigenvalue weighted by atomic mass is 16.4. The van der Waals surface area contributed by atoms with Crippen molar-refractivity contribution in [2.45, 2.75) is 18.8 Å². The van der Waals surface area contributed by atoms with Crippen molar-refractivity contribution in [3.05, 3.63) is 59.9 Å². The first-order valence-electron chi connectivity index (χ1n) is 9.01. The Hall–Kier alpha value is -2.97. The first kappa shape index (κ1) is 19.8. The van der Waals surface area contributed by atoms with Gasteiger partial charge < -0.3 is 30.4 Å². The maximum atomic E-state index is 12.5. The Labute approximate surface area is 163 Å². The third-order valence-electron chi connectivity index (χ3n) is 4.65. The van der Waals surface area contributed by atoms with Crippen LogP contribution in [-0.2, 0) is 17.6 Å². The number of amides is 1. The van der Waals surface area contributed by atoms with Gasteiger partial charge in [-0.25, -0.2) is 0 Å². The molecule has 2 aromatic carbocycles. The number of anilines is 2. The molecule has 0 unspecified atom stereocenters. The Balaban J connectivity index is 1.70. The molecule has 1 atom stereocenters. The Morgan fingerprint density at radius 2 is 2.00 bits per heavy atom. The summed E-state index contributed by atoms with van der Waals surface area (Å²) >= 11 is 0. The van der Waals surface area contributed by atoms with Gasteiger partial charge in [0.1, 0.15) is 5.58 Å². The molecule has 0 spiro atoms. The molecule has 0 radical (unpaired) electrons. The second kappa shape index (κ2) is 8.37. The molecule has 8 heteroatoms. The van der Waals surface area contributed by atoms with Gasteiger partial charge in [0.2, 0.25) is 5.91 Å². The summed E-state index contributed by atoms with van der Waals surface area (Å²) < 4.78 is 5.48. The molecule has 5 N–H and O–H groups in total. The lowest BCUT2D eigenvalue weighted by Gasteiger charge is -2.19. The summed E-state index contributed by atoms with van der Waals surface area (Å²) in [5.74, 6) is -1.16. The second-order valence-electron chi connectivity index (χ2n) is 7.01. The van der Waals surface area contributed by atoms with Crippen LogP contribution in [0.3, 0.4) is 0 Å². The zero-order chi connectivity index (χ0) is 20.3. The number of hydrogen-bond acceptors (Lipinski definition) is 6. The van der Waals surface area contributed by atoms with Gasteiger partial charge in [0.15, 0.2) is 0 Å². The number of hydrogen-bond donors (Lipinski definition) is 4. The average Bonchev–Trinajstić information content (AvgIpc) is 3.05. The Bertz CT molecular complexity index is 971. The SMILES string of the molecule is CN(C)c1cc(CC(=O)N[C@@H](Cc2coc3ccccc23)B(O)O)ccc1N. The summed E-state index contributed by atoms with van der Waals surface area (Å²) in [5.41, 5.74) is 9.71. The van der Waals surface area contributed by atoms with Gasteiger partial charge in [-0.05, 0) is 35.7 Å². The molecule has 0 aliphatic carbocycles. The molecule has 0 saturated carbocycles. The van der Waals surface area contributed by atoms with Crippen molar-refractivity contribution in [3.8, 4) is 0 Å². The van der Waals surface area contributed by atoms with E-state index in [4.69, 9.17) is 10.2 Å². The largest absolute Gasteiger partial charge is 0.475 e. The minimum Gasteiger partial charge on any atom is -0.464 e. The van der Waals surface area contributed by atoms with Gasteiger partial charge in [0.25, 0.3) is 0 Å². The van der Waals surface area contributed by atoms with Crippen LogP contribution < -0.4 is 16.0 Å². The molecule has 1 aromatic heterocycles. The lowest BCUT2D eigenvalue weighted by atomic mass is 9.75. The van der Waals surface area contributed by atoms with E-state index in [0.29, 0.717) is 11.3 Å². The number of benzene rings is 2. The fourth-order valence-electron chi connectivity index (χ4n) is 3.19. The molecular formula is C20H24BN3O4. The van der Waals surface area contributed by atoms with E-state index in [1.807, 2.05) is 49.3 Å². The molecule has 28 heavy (non-hydrogen) atoms. The number of para-hydroxylation sites is 1. The third kappa shape index (κ3) is 4.47. The van der Waals surface area contributed by atoms with Gasteiger partial charge in [-0.3, -0.25) is 4.79 Å². The van der Waals surface area contributed by atoms with E-state index in [1.165, 1.54) is 0 Å². The molecular weight excluding hydrogens is 357 g/mol. The predicted molar refractivity (Wildman–Crippen MR) is 111 cm³/mol. The van der Waals surface area contributed by atoms with Crippen LogP contribution in [0, 0.1) is 0 Å². The average molecular weight is 381 g/mol. The van der Waals surface area contributed by atoms with Gasteiger partial charge in [-0.1, -0.05) is 24.3 Å². The molecule has 0 bridgehead atoms.